The van der Waals surface area contributed by atoms with Crippen molar-refractivity contribution < 1.29 is 13.2 Å². The highest BCUT2D eigenvalue weighted by atomic mass is 79.9. The lowest BCUT2D eigenvalue weighted by molar-refractivity contribution is 0.568. The molecule has 0 aliphatic rings. The van der Waals surface area contributed by atoms with Crippen LogP contribution in [0.5, 0.6) is 0 Å². The Balaban J connectivity index is 2.44. The highest BCUT2D eigenvalue weighted by molar-refractivity contribution is 9.10. The molecule has 0 fully saturated rings. The van der Waals surface area contributed by atoms with Gasteiger partial charge in [-0.1, -0.05) is 15.9 Å². The Morgan fingerprint density at radius 2 is 1.57 bits per heavy atom. The van der Waals surface area contributed by atoms with Gasteiger partial charge >= 0.3 is 0 Å². The van der Waals surface area contributed by atoms with Gasteiger partial charge in [0.1, 0.15) is 11.5 Å². The summed E-state index contributed by atoms with van der Waals surface area (Å²) in [6.45, 7) is 0. The minimum absolute atomic E-state index is 0.0719. The number of aromatic amines is 1. The van der Waals surface area contributed by atoms with Gasteiger partial charge in [0.2, 0.25) is 0 Å². The van der Waals surface area contributed by atoms with E-state index in [0.717, 1.165) is 22.8 Å². The maximum absolute atomic E-state index is 14.1. The Morgan fingerprint density at radius 1 is 0.952 bits per heavy atom. The Bertz CT molecular complexity index is 910. The second kappa shape index (κ2) is 5.26. The van der Waals surface area contributed by atoms with Crippen LogP contribution in [0, 0.1) is 22.2 Å². The lowest BCUT2D eigenvalue weighted by atomic mass is 10.2. The molecule has 21 heavy (non-hydrogen) atoms. The topological polar surface area (TPSA) is 20.7 Å². The second-order valence-corrected chi connectivity index (χ2v) is 6.42. The summed E-state index contributed by atoms with van der Waals surface area (Å²) in [5.41, 5.74) is 0.368. The van der Waals surface area contributed by atoms with Crippen molar-refractivity contribution in [1.29, 1.82) is 0 Å². The molecule has 0 aliphatic carbocycles. The van der Waals surface area contributed by atoms with E-state index in [1.807, 2.05) is 0 Å². The van der Waals surface area contributed by atoms with Crippen LogP contribution in [0.2, 0.25) is 0 Å². The van der Waals surface area contributed by atoms with Crippen molar-refractivity contribution >= 4 is 55.1 Å². The second-order valence-electron chi connectivity index (χ2n) is 4.27. The SMILES string of the molecule is Fc1cc2c(cc1Br)[nH]c(=S)n2-c1c(F)cc(Br)cc1F. The van der Waals surface area contributed by atoms with Gasteiger partial charge < -0.3 is 4.98 Å². The molecule has 0 spiro atoms. The molecular weight excluding hydrogens is 433 g/mol. The Kier molecular flexibility index (Phi) is 3.71. The first-order valence-corrected chi connectivity index (χ1v) is 7.62. The van der Waals surface area contributed by atoms with Crippen LogP contribution in [0.25, 0.3) is 16.7 Å². The number of halogens is 5. The summed E-state index contributed by atoms with van der Waals surface area (Å²) in [6.07, 6.45) is 0. The lowest BCUT2D eigenvalue weighted by Crippen LogP contribution is -2.02. The zero-order chi connectivity index (χ0) is 15.3. The first kappa shape index (κ1) is 14.8. The first-order chi connectivity index (χ1) is 9.88. The standard InChI is InChI=1S/C13H5Br2F3N2S/c14-5-1-8(17)12(9(18)2-5)20-11-4-7(16)6(15)3-10(11)19-13(20)21/h1-4H,(H,19,21). The number of nitrogens with one attached hydrogen (secondary N) is 1. The van der Waals surface area contributed by atoms with Crippen molar-refractivity contribution in [2.24, 2.45) is 0 Å². The number of rotatable bonds is 1. The maximum atomic E-state index is 14.1. The van der Waals surface area contributed by atoms with E-state index in [9.17, 15) is 13.2 Å². The molecule has 2 aromatic carbocycles. The minimum Gasteiger partial charge on any atom is -0.330 e. The van der Waals surface area contributed by atoms with Crippen LogP contribution in [-0.2, 0) is 0 Å². The molecule has 0 amide bonds. The normalized spacial score (nSPS) is 11.3. The average Bonchev–Trinajstić information content (AvgIpc) is 2.66. The van der Waals surface area contributed by atoms with Gasteiger partial charge in [-0.15, -0.1) is 0 Å². The van der Waals surface area contributed by atoms with Crippen molar-refractivity contribution in [2.75, 3.05) is 0 Å². The van der Waals surface area contributed by atoms with E-state index in [1.54, 1.807) is 0 Å². The van der Waals surface area contributed by atoms with E-state index in [2.05, 4.69) is 36.8 Å². The number of imidazole rings is 1. The van der Waals surface area contributed by atoms with Crippen LogP contribution < -0.4 is 0 Å². The van der Waals surface area contributed by atoms with Crippen molar-refractivity contribution in [1.82, 2.24) is 9.55 Å². The number of H-pyrrole nitrogens is 1. The highest BCUT2D eigenvalue weighted by Crippen LogP contribution is 2.29. The Labute approximate surface area is 138 Å². The zero-order valence-corrected chi connectivity index (χ0v) is 14.0. The Morgan fingerprint density at radius 3 is 2.19 bits per heavy atom. The number of hydrogen-bond acceptors (Lipinski definition) is 1. The quantitative estimate of drug-likeness (QED) is 0.489. The summed E-state index contributed by atoms with van der Waals surface area (Å²) in [6, 6.07) is 4.86. The van der Waals surface area contributed by atoms with Gasteiger partial charge in [-0.05, 0) is 46.3 Å². The van der Waals surface area contributed by atoms with Gasteiger partial charge in [-0.2, -0.15) is 0 Å². The maximum Gasteiger partial charge on any atom is 0.182 e. The average molecular weight is 438 g/mol. The Hall–Kier alpha value is -1.12. The molecule has 3 aromatic rings. The van der Waals surface area contributed by atoms with Crippen LogP contribution in [0.15, 0.2) is 33.2 Å². The molecule has 0 radical (unpaired) electrons. The van der Waals surface area contributed by atoms with Gasteiger partial charge in [0.25, 0.3) is 0 Å². The largest absolute Gasteiger partial charge is 0.330 e. The zero-order valence-electron chi connectivity index (χ0n) is 10.1. The van der Waals surface area contributed by atoms with Gasteiger partial charge in [-0.25, -0.2) is 13.2 Å². The number of benzene rings is 2. The molecule has 0 aliphatic heterocycles. The van der Waals surface area contributed by atoms with Gasteiger partial charge in [0.15, 0.2) is 16.4 Å². The fraction of sp³-hybridized carbons (Fsp3) is 0. The monoisotopic (exact) mass is 436 g/mol. The third-order valence-electron chi connectivity index (χ3n) is 2.93. The predicted octanol–water partition coefficient (Wildman–Crippen LogP) is 5.63. The number of fused-ring (bicyclic) bond motifs is 1. The fourth-order valence-corrected chi connectivity index (χ4v) is 3.12. The highest BCUT2D eigenvalue weighted by Gasteiger charge is 2.17. The summed E-state index contributed by atoms with van der Waals surface area (Å²) in [4.78, 5) is 2.80. The molecule has 0 saturated carbocycles. The first-order valence-electron chi connectivity index (χ1n) is 5.63. The molecule has 8 heteroatoms. The summed E-state index contributed by atoms with van der Waals surface area (Å²) < 4.78 is 43.6. The van der Waals surface area contributed by atoms with Crippen LogP contribution in [-0.4, -0.2) is 9.55 Å². The molecular formula is C13H5Br2F3N2S. The summed E-state index contributed by atoms with van der Waals surface area (Å²) in [7, 11) is 0. The van der Waals surface area contributed by atoms with Crippen molar-refractivity contribution in [3.05, 3.63) is 55.4 Å². The van der Waals surface area contributed by atoms with Gasteiger partial charge in [0, 0.05) is 10.5 Å². The van der Waals surface area contributed by atoms with E-state index >= 15 is 0 Å². The molecule has 1 aromatic heterocycles. The lowest BCUT2D eigenvalue weighted by Gasteiger charge is -2.08. The number of hydrogen-bond donors (Lipinski definition) is 1. The molecule has 0 bridgehead atoms. The molecule has 0 unspecified atom stereocenters. The molecule has 0 saturated heterocycles. The molecule has 1 N–H and O–H groups in total. The molecule has 1 heterocycles. The molecule has 108 valence electrons. The number of nitrogens with zero attached hydrogens (tertiary/aromatic N) is 1. The summed E-state index contributed by atoms with van der Waals surface area (Å²) in [5.74, 6) is -2.16. The van der Waals surface area contributed by atoms with Gasteiger partial charge in [-0.3, -0.25) is 4.57 Å². The molecule has 2 nitrogen and oxygen atoms in total. The van der Waals surface area contributed by atoms with Crippen molar-refractivity contribution in [3.8, 4) is 5.69 Å². The van der Waals surface area contributed by atoms with E-state index < -0.39 is 17.5 Å². The van der Waals surface area contributed by atoms with E-state index in [-0.39, 0.29) is 24.9 Å². The van der Waals surface area contributed by atoms with E-state index in [0.29, 0.717) is 5.52 Å². The van der Waals surface area contributed by atoms with Gasteiger partial charge in [0.05, 0.1) is 15.5 Å². The summed E-state index contributed by atoms with van der Waals surface area (Å²) in [5, 5.41) is 0. The van der Waals surface area contributed by atoms with Crippen molar-refractivity contribution in [2.45, 2.75) is 0 Å². The van der Waals surface area contributed by atoms with E-state index in [1.165, 1.54) is 6.07 Å². The van der Waals surface area contributed by atoms with Crippen LogP contribution in [0.1, 0.15) is 0 Å². The fourth-order valence-electron chi connectivity index (χ4n) is 2.07. The van der Waals surface area contributed by atoms with Crippen LogP contribution in [0.4, 0.5) is 13.2 Å². The minimum atomic E-state index is -0.804. The smallest absolute Gasteiger partial charge is 0.182 e. The molecule has 0 atom stereocenters. The van der Waals surface area contributed by atoms with Crippen LogP contribution in [0.3, 0.4) is 0 Å². The number of aromatic nitrogens is 2. The van der Waals surface area contributed by atoms with Crippen molar-refractivity contribution in [3.63, 3.8) is 0 Å². The molecule has 3 rings (SSSR count). The van der Waals surface area contributed by atoms with E-state index in [4.69, 9.17) is 12.2 Å². The summed E-state index contributed by atoms with van der Waals surface area (Å²) >= 11 is 11.2. The third kappa shape index (κ3) is 2.45. The third-order valence-corrected chi connectivity index (χ3v) is 4.28. The predicted molar refractivity (Wildman–Crippen MR) is 83.7 cm³/mol. The van der Waals surface area contributed by atoms with Crippen LogP contribution >= 0.6 is 44.1 Å².